The van der Waals surface area contributed by atoms with E-state index >= 15 is 0 Å². The SMILES string of the molecule is CC(C)(C)OC[C@H]1O[C@@H](n2ccc(=O)[nH]c2=O)C[C@H]1OC(C)(C)C. The molecule has 0 aliphatic carbocycles. The highest BCUT2D eigenvalue weighted by atomic mass is 16.6. The summed E-state index contributed by atoms with van der Waals surface area (Å²) in [5, 5.41) is 0. The molecule has 2 rings (SSSR count). The first kappa shape index (κ1) is 18.9. The molecule has 0 saturated carbocycles. The summed E-state index contributed by atoms with van der Waals surface area (Å²) in [5.74, 6) is 0. The number of rotatable bonds is 4. The van der Waals surface area contributed by atoms with Crippen LogP contribution in [0.3, 0.4) is 0 Å². The lowest BCUT2D eigenvalue weighted by molar-refractivity contribution is -0.132. The van der Waals surface area contributed by atoms with E-state index < -0.39 is 17.5 Å². The highest BCUT2D eigenvalue weighted by Gasteiger charge is 2.40. The van der Waals surface area contributed by atoms with Crippen molar-refractivity contribution < 1.29 is 14.2 Å². The van der Waals surface area contributed by atoms with Crippen molar-refractivity contribution in [1.82, 2.24) is 9.55 Å². The van der Waals surface area contributed by atoms with E-state index in [-0.39, 0.29) is 23.4 Å². The standard InChI is InChI=1S/C17H28N2O5/c1-16(2,3)22-10-12-11(24-17(4,5)6)9-14(23-12)19-8-7-13(20)18-15(19)21/h7-8,11-12,14H,9-10H2,1-6H3,(H,18,20,21)/t11-,12-,14-/m1/s1. The predicted molar refractivity (Wildman–Crippen MR) is 90.2 cm³/mol. The van der Waals surface area contributed by atoms with Crippen LogP contribution in [0.25, 0.3) is 0 Å². The van der Waals surface area contributed by atoms with Crippen LogP contribution in [0.15, 0.2) is 21.9 Å². The van der Waals surface area contributed by atoms with Crippen molar-refractivity contribution in [3.05, 3.63) is 33.1 Å². The van der Waals surface area contributed by atoms with Gasteiger partial charge in [0, 0.05) is 18.7 Å². The van der Waals surface area contributed by atoms with Gasteiger partial charge >= 0.3 is 5.69 Å². The van der Waals surface area contributed by atoms with Crippen LogP contribution in [-0.2, 0) is 14.2 Å². The van der Waals surface area contributed by atoms with Crippen LogP contribution < -0.4 is 11.2 Å². The molecule has 0 unspecified atom stereocenters. The van der Waals surface area contributed by atoms with E-state index in [1.165, 1.54) is 16.8 Å². The van der Waals surface area contributed by atoms with Gasteiger partial charge in [-0.25, -0.2) is 4.79 Å². The number of aromatic nitrogens is 2. The molecule has 1 aliphatic rings. The lowest BCUT2D eigenvalue weighted by Gasteiger charge is -2.29. The minimum atomic E-state index is -0.490. The van der Waals surface area contributed by atoms with Gasteiger partial charge in [-0.15, -0.1) is 0 Å². The van der Waals surface area contributed by atoms with Crippen LogP contribution in [0.2, 0.25) is 0 Å². The molecule has 2 heterocycles. The molecule has 0 spiro atoms. The second-order valence-corrected chi connectivity index (χ2v) is 8.07. The van der Waals surface area contributed by atoms with E-state index in [1.807, 2.05) is 41.5 Å². The molecule has 0 amide bonds. The molecule has 136 valence electrons. The molecule has 1 aromatic rings. The number of nitrogens with zero attached hydrogens (tertiary/aromatic N) is 1. The second kappa shape index (κ2) is 6.82. The van der Waals surface area contributed by atoms with E-state index in [4.69, 9.17) is 14.2 Å². The van der Waals surface area contributed by atoms with Gasteiger partial charge in [0.1, 0.15) is 12.3 Å². The second-order valence-electron chi connectivity index (χ2n) is 8.07. The Kier molecular flexibility index (Phi) is 5.37. The normalized spacial score (nSPS) is 25.2. The average Bonchev–Trinajstić information content (AvgIpc) is 2.76. The minimum absolute atomic E-state index is 0.198. The van der Waals surface area contributed by atoms with E-state index in [9.17, 15) is 9.59 Å². The van der Waals surface area contributed by atoms with Crippen LogP contribution in [-0.4, -0.2) is 39.6 Å². The van der Waals surface area contributed by atoms with Gasteiger partial charge in [-0.2, -0.15) is 0 Å². The smallest absolute Gasteiger partial charge is 0.330 e. The molecule has 3 atom stereocenters. The van der Waals surface area contributed by atoms with E-state index in [1.54, 1.807) is 0 Å². The summed E-state index contributed by atoms with van der Waals surface area (Å²) in [6.45, 7) is 12.2. The van der Waals surface area contributed by atoms with Gasteiger partial charge < -0.3 is 14.2 Å². The number of H-pyrrole nitrogens is 1. The first-order valence-corrected chi connectivity index (χ1v) is 8.23. The molecule has 24 heavy (non-hydrogen) atoms. The maximum absolute atomic E-state index is 12.0. The van der Waals surface area contributed by atoms with E-state index in [2.05, 4.69) is 4.98 Å². The zero-order chi connectivity index (χ0) is 18.1. The Balaban J connectivity index is 2.18. The lowest BCUT2D eigenvalue weighted by atomic mass is 10.1. The summed E-state index contributed by atoms with van der Waals surface area (Å²) in [7, 11) is 0. The number of nitrogens with one attached hydrogen (secondary N) is 1. The van der Waals surface area contributed by atoms with Crippen molar-refractivity contribution in [2.45, 2.75) is 77.6 Å². The molecule has 1 saturated heterocycles. The first-order chi connectivity index (χ1) is 10.9. The molecule has 0 aromatic carbocycles. The first-order valence-electron chi connectivity index (χ1n) is 8.23. The number of ether oxygens (including phenoxy) is 3. The molecule has 0 bridgehead atoms. The maximum atomic E-state index is 12.0. The van der Waals surface area contributed by atoms with Crippen molar-refractivity contribution in [3.8, 4) is 0 Å². The summed E-state index contributed by atoms with van der Waals surface area (Å²) in [6, 6.07) is 1.31. The van der Waals surface area contributed by atoms with Crippen LogP contribution in [0, 0.1) is 0 Å². The molecule has 1 aromatic heterocycles. The van der Waals surface area contributed by atoms with E-state index in [0.717, 1.165) is 0 Å². The number of aromatic amines is 1. The van der Waals surface area contributed by atoms with Gasteiger partial charge in [-0.05, 0) is 41.5 Å². The summed E-state index contributed by atoms with van der Waals surface area (Å²) < 4.78 is 19.3. The van der Waals surface area contributed by atoms with Crippen LogP contribution >= 0.6 is 0 Å². The molecular weight excluding hydrogens is 312 g/mol. The Morgan fingerprint density at radius 2 is 1.88 bits per heavy atom. The van der Waals surface area contributed by atoms with Crippen molar-refractivity contribution in [2.75, 3.05) is 6.61 Å². The van der Waals surface area contributed by atoms with Crippen LogP contribution in [0.5, 0.6) is 0 Å². The number of hydrogen-bond acceptors (Lipinski definition) is 5. The summed E-state index contributed by atoms with van der Waals surface area (Å²) in [4.78, 5) is 25.5. The van der Waals surface area contributed by atoms with Gasteiger partial charge in [0.25, 0.3) is 5.56 Å². The van der Waals surface area contributed by atoms with Gasteiger partial charge in [0.2, 0.25) is 0 Å². The third-order valence-electron chi connectivity index (χ3n) is 3.53. The Bertz CT molecular complexity index is 665. The fourth-order valence-electron chi connectivity index (χ4n) is 2.59. The average molecular weight is 340 g/mol. The van der Waals surface area contributed by atoms with Crippen molar-refractivity contribution >= 4 is 0 Å². The Labute approximate surface area is 141 Å². The topological polar surface area (TPSA) is 82.5 Å². The molecule has 0 radical (unpaired) electrons. The zero-order valence-electron chi connectivity index (χ0n) is 15.3. The summed E-state index contributed by atoms with van der Waals surface area (Å²) >= 11 is 0. The predicted octanol–water partition coefficient (Wildman–Crippen LogP) is 1.82. The summed E-state index contributed by atoms with van der Waals surface area (Å²) in [5.41, 5.74) is -1.54. The fraction of sp³-hybridized carbons (Fsp3) is 0.765. The lowest BCUT2D eigenvalue weighted by Crippen LogP contribution is -2.37. The third-order valence-corrected chi connectivity index (χ3v) is 3.53. The van der Waals surface area contributed by atoms with Crippen LogP contribution in [0.4, 0.5) is 0 Å². The largest absolute Gasteiger partial charge is 0.373 e. The van der Waals surface area contributed by atoms with Gasteiger partial charge in [0.05, 0.1) is 23.9 Å². The fourth-order valence-corrected chi connectivity index (χ4v) is 2.59. The van der Waals surface area contributed by atoms with Crippen molar-refractivity contribution in [2.24, 2.45) is 0 Å². The van der Waals surface area contributed by atoms with Gasteiger partial charge in [0.15, 0.2) is 0 Å². The Morgan fingerprint density at radius 3 is 2.42 bits per heavy atom. The highest BCUT2D eigenvalue weighted by Crippen LogP contribution is 2.33. The molecule has 1 N–H and O–H groups in total. The van der Waals surface area contributed by atoms with Crippen molar-refractivity contribution in [1.29, 1.82) is 0 Å². The quantitative estimate of drug-likeness (QED) is 0.904. The third kappa shape index (κ3) is 5.29. The minimum Gasteiger partial charge on any atom is -0.373 e. The number of hydrogen-bond donors (Lipinski definition) is 1. The molecular formula is C17H28N2O5. The molecule has 1 fully saturated rings. The molecule has 7 nitrogen and oxygen atoms in total. The molecule has 7 heteroatoms. The van der Waals surface area contributed by atoms with Gasteiger partial charge in [-0.1, -0.05) is 0 Å². The van der Waals surface area contributed by atoms with Crippen molar-refractivity contribution in [3.63, 3.8) is 0 Å². The molecule has 1 aliphatic heterocycles. The maximum Gasteiger partial charge on any atom is 0.330 e. The zero-order valence-corrected chi connectivity index (χ0v) is 15.3. The van der Waals surface area contributed by atoms with Gasteiger partial charge in [-0.3, -0.25) is 14.3 Å². The highest BCUT2D eigenvalue weighted by molar-refractivity contribution is 4.90. The van der Waals surface area contributed by atoms with E-state index in [0.29, 0.717) is 13.0 Å². The summed E-state index contributed by atoms with van der Waals surface area (Å²) in [6.07, 6.45) is 0.993. The monoisotopic (exact) mass is 340 g/mol. The Hall–Kier alpha value is -1.44. The Morgan fingerprint density at radius 1 is 1.21 bits per heavy atom. The van der Waals surface area contributed by atoms with Crippen LogP contribution in [0.1, 0.15) is 54.2 Å².